The second kappa shape index (κ2) is 5.68. The van der Waals surface area contributed by atoms with Gasteiger partial charge in [0.2, 0.25) is 5.88 Å². The van der Waals surface area contributed by atoms with Crippen LogP contribution in [0.15, 0.2) is 18.3 Å². The lowest BCUT2D eigenvalue weighted by Crippen LogP contribution is -2.44. The third-order valence-electron chi connectivity index (χ3n) is 2.89. The smallest absolute Gasteiger partial charge is 0.322 e. The topological polar surface area (TPSA) is 74.7 Å². The molecule has 18 heavy (non-hydrogen) atoms. The van der Waals surface area contributed by atoms with Crippen molar-refractivity contribution in [2.24, 2.45) is 0 Å². The minimum absolute atomic E-state index is 0.236. The quantitative estimate of drug-likeness (QED) is 0.824. The summed E-state index contributed by atoms with van der Waals surface area (Å²) in [6.45, 7) is 1.03. The number of carbonyl (C=O) groups is 1. The number of pyridine rings is 1. The Morgan fingerprint density at radius 2 is 2.50 bits per heavy atom. The van der Waals surface area contributed by atoms with Crippen molar-refractivity contribution >= 4 is 11.7 Å². The molecule has 1 aliphatic heterocycles. The Balaban J connectivity index is 2.02. The van der Waals surface area contributed by atoms with E-state index in [9.17, 15) is 9.90 Å². The van der Waals surface area contributed by atoms with Crippen molar-refractivity contribution in [1.82, 2.24) is 9.88 Å². The number of aliphatic hydroxyl groups excluding tert-OH is 1. The SMILES string of the molecule is COc1ncccc1NC(=O)N1CCCC(O)C1. The molecule has 0 aromatic carbocycles. The number of anilines is 1. The average molecular weight is 251 g/mol. The Morgan fingerprint density at radius 3 is 3.22 bits per heavy atom. The first-order chi connectivity index (χ1) is 8.70. The molecule has 1 aliphatic rings. The van der Waals surface area contributed by atoms with Crippen molar-refractivity contribution in [1.29, 1.82) is 0 Å². The molecule has 1 aromatic heterocycles. The minimum atomic E-state index is -0.430. The van der Waals surface area contributed by atoms with E-state index in [4.69, 9.17) is 4.74 Å². The number of urea groups is 1. The second-order valence-corrected chi connectivity index (χ2v) is 4.23. The molecule has 1 atom stereocenters. The summed E-state index contributed by atoms with van der Waals surface area (Å²) in [7, 11) is 1.50. The van der Waals surface area contributed by atoms with Crippen molar-refractivity contribution in [3.63, 3.8) is 0 Å². The molecule has 0 saturated carbocycles. The van der Waals surface area contributed by atoms with E-state index in [2.05, 4.69) is 10.3 Å². The van der Waals surface area contributed by atoms with Gasteiger partial charge in [0, 0.05) is 19.3 Å². The largest absolute Gasteiger partial charge is 0.480 e. The maximum absolute atomic E-state index is 12.0. The van der Waals surface area contributed by atoms with Gasteiger partial charge < -0.3 is 20.1 Å². The molecule has 1 unspecified atom stereocenters. The molecule has 2 rings (SSSR count). The third kappa shape index (κ3) is 2.89. The van der Waals surface area contributed by atoms with Crippen molar-refractivity contribution in [2.75, 3.05) is 25.5 Å². The molecule has 1 aromatic rings. The molecule has 1 fully saturated rings. The summed E-state index contributed by atoms with van der Waals surface area (Å²) < 4.78 is 5.06. The van der Waals surface area contributed by atoms with Crippen molar-refractivity contribution < 1.29 is 14.6 Å². The van der Waals surface area contributed by atoms with Crippen LogP contribution in [0.5, 0.6) is 5.88 Å². The number of nitrogens with one attached hydrogen (secondary N) is 1. The fourth-order valence-electron chi connectivity index (χ4n) is 1.98. The van der Waals surface area contributed by atoms with Gasteiger partial charge in [0.05, 0.1) is 13.2 Å². The highest BCUT2D eigenvalue weighted by Crippen LogP contribution is 2.21. The van der Waals surface area contributed by atoms with Crippen molar-refractivity contribution in [3.8, 4) is 5.88 Å². The van der Waals surface area contributed by atoms with Gasteiger partial charge in [-0.2, -0.15) is 0 Å². The average Bonchev–Trinajstić information content (AvgIpc) is 2.39. The number of amides is 2. The number of aromatic nitrogens is 1. The Labute approximate surface area is 106 Å². The lowest BCUT2D eigenvalue weighted by molar-refractivity contribution is 0.0883. The maximum Gasteiger partial charge on any atom is 0.322 e. The first-order valence-corrected chi connectivity index (χ1v) is 5.93. The zero-order chi connectivity index (χ0) is 13.0. The molecule has 98 valence electrons. The third-order valence-corrected chi connectivity index (χ3v) is 2.89. The van der Waals surface area contributed by atoms with Gasteiger partial charge in [0.1, 0.15) is 5.69 Å². The number of methoxy groups -OCH3 is 1. The summed E-state index contributed by atoms with van der Waals surface area (Å²) in [4.78, 5) is 17.6. The van der Waals surface area contributed by atoms with Crippen molar-refractivity contribution in [3.05, 3.63) is 18.3 Å². The zero-order valence-electron chi connectivity index (χ0n) is 10.3. The number of nitrogens with zero attached hydrogens (tertiary/aromatic N) is 2. The molecule has 0 spiro atoms. The Bertz CT molecular complexity index is 425. The summed E-state index contributed by atoms with van der Waals surface area (Å²) >= 11 is 0. The highest BCUT2D eigenvalue weighted by molar-refractivity contribution is 5.90. The van der Waals surface area contributed by atoms with E-state index in [0.29, 0.717) is 24.7 Å². The fraction of sp³-hybridized carbons (Fsp3) is 0.500. The first-order valence-electron chi connectivity index (χ1n) is 5.93. The van der Waals surface area contributed by atoms with Gasteiger partial charge in [-0.3, -0.25) is 0 Å². The number of hydrogen-bond acceptors (Lipinski definition) is 4. The Morgan fingerprint density at radius 1 is 1.67 bits per heavy atom. The van der Waals surface area contributed by atoms with Crippen LogP contribution < -0.4 is 10.1 Å². The molecule has 1 saturated heterocycles. The number of ether oxygens (including phenoxy) is 1. The Kier molecular flexibility index (Phi) is 3.99. The van der Waals surface area contributed by atoms with Gasteiger partial charge >= 0.3 is 6.03 Å². The number of hydrogen-bond donors (Lipinski definition) is 2. The standard InChI is InChI=1S/C12H17N3O3/c1-18-11-10(5-2-6-13-11)14-12(17)15-7-3-4-9(16)8-15/h2,5-6,9,16H,3-4,7-8H2,1H3,(H,14,17). The zero-order valence-corrected chi connectivity index (χ0v) is 10.3. The van der Waals surface area contributed by atoms with Gasteiger partial charge in [0.25, 0.3) is 0 Å². The van der Waals surface area contributed by atoms with Gasteiger partial charge in [0.15, 0.2) is 0 Å². The molecular formula is C12H17N3O3. The number of likely N-dealkylation sites (tertiary alicyclic amines) is 1. The van der Waals surface area contributed by atoms with E-state index in [-0.39, 0.29) is 6.03 Å². The number of aliphatic hydroxyl groups is 1. The summed E-state index contributed by atoms with van der Waals surface area (Å²) in [5, 5.41) is 12.3. The van der Waals surface area contributed by atoms with Crippen LogP contribution in [0.1, 0.15) is 12.8 Å². The molecule has 6 heteroatoms. The van der Waals surface area contributed by atoms with Crippen LogP contribution in [0.25, 0.3) is 0 Å². The molecule has 6 nitrogen and oxygen atoms in total. The normalized spacial score (nSPS) is 19.4. The lowest BCUT2D eigenvalue weighted by Gasteiger charge is -2.30. The lowest BCUT2D eigenvalue weighted by atomic mass is 10.1. The molecule has 2 N–H and O–H groups in total. The van der Waals surface area contributed by atoms with Crippen LogP contribution in [-0.4, -0.2) is 47.3 Å². The van der Waals surface area contributed by atoms with Gasteiger partial charge in [-0.25, -0.2) is 9.78 Å². The van der Waals surface area contributed by atoms with E-state index in [1.807, 2.05) is 0 Å². The fourth-order valence-corrected chi connectivity index (χ4v) is 1.98. The molecular weight excluding hydrogens is 234 g/mol. The Hall–Kier alpha value is -1.82. The number of β-amino-alcohol motifs (C(OH)–C–C–N with tert-alkyl or cyclic N) is 1. The monoisotopic (exact) mass is 251 g/mol. The summed E-state index contributed by atoms with van der Waals surface area (Å²) in [6, 6.07) is 3.22. The highest BCUT2D eigenvalue weighted by Gasteiger charge is 2.22. The molecule has 2 amide bonds. The molecule has 0 bridgehead atoms. The van der Waals surface area contributed by atoms with E-state index in [1.165, 1.54) is 7.11 Å². The van der Waals surface area contributed by atoms with E-state index in [0.717, 1.165) is 12.8 Å². The predicted octanol–water partition coefficient (Wildman–Crippen LogP) is 1.08. The number of carbonyl (C=O) groups excluding carboxylic acids is 1. The summed E-state index contributed by atoms with van der Waals surface area (Å²) in [5.74, 6) is 0.378. The van der Waals surface area contributed by atoms with Crippen LogP contribution in [0, 0.1) is 0 Å². The molecule has 0 radical (unpaired) electrons. The minimum Gasteiger partial charge on any atom is -0.480 e. The first kappa shape index (κ1) is 12.6. The van der Waals surface area contributed by atoms with Crippen LogP contribution in [0.4, 0.5) is 10.5 Å². The van der Waals surface area contributed by atoms with Gasteiger partial charge in [-0.1, -0.05) is 0 Å². The number of rotatable bonds is 2. The predicted molar refractivity (Wildman–Crippen MR) is 66.6 cm³/mol. The van der Waals surface area contributed by atoms with E-state index < -0.39 is 6.10 Å². The highest BCUT2D eigenvalue weighted by atomic mass is 16.5. The van der Waals surface area contributed by atoms with E-state index in [1.54, 1.807) is 23.2 Å². The van der Waals surface area contributed by atoms with Gasteiger partial charge in [-0.15, -0.1) is 0 Å². The van der Waals surface area contributed by atoms with E-state index >= 15 is 0 Å². The van der Waals surface area contributed by atoms with Crippen molar-refractivity contribution in [2.45, 2.75) is 18.9 Å². The van der Waals surface area contributed by atoms with Crippen LogP contribution in [0.2, 0.25) is 0 Å². The second-order valence-electron chi connectivity index (χ2n) is 4.23. The summed E-state index contributed by atoms with van der Waals surface area (Å²) in [6.07, 6.45) is 2.73. The number of piperidine rings is 1. The molecule has 2 heterocycles. The molecule has 0 aliphatic carbocycles. The van der Waals surface area contributed by atoms with Crippen LogP contribution in [-0.2, 0) is 0 Å². The summed E-state index contributed by atoms with van der Waals surface area (Å²) in [5.41, 5.74) is 0.532. The maximum atomic E-state index is 12.0. The van der Waals surface area contributed by atoms with Crippen LogP contribution in [0.3, 0.4) is 0 Å². The van der Waals surface area contributed by atoms with Gasteiger partial charge in [-0.05, 0) is 25.0 Å². The van der Waals surface area contributed by atoms with Crippen LogP contribution >= 0.6 is 0 Å².